The molecule has 0 bridgehead atoms. The van der Waals surface area contributed by atoms with E-state index in [9.17, 15) is 35.1 Å². The largest absolute Gasteiger partial charge is 0.507 e. The van der Waals surface area contributed by atoms with Gasteiger partial charge in [0.2, 0.25) is 0 Å². The van der Waals surface area contributed by atoms with Crippen molar-refractivity contribution in [3.05, 3.63) is 104 Å². The SMILES string of the molecule is CCCCCc1cc2c(c(O)c1C(=O)O)[C@@H]1C=C(C)CC[C@H]1C(C)(C)O2.CCCc1cc(O)c2c(c1)OC(C)(C)[C@@H]1CCC(C)=C[C@@H]21.CCCc1cc2c(c(O)c1C(=O)O)[C@@H]1C=C(C)CC[C@H]1C(C)(C)O2. The zero-order chi connectivity index (χ0) is 51.9. The van der Waals surface area contributed by atoms with Gasteiger partial charge >= 0.3 is 11.9 Å². The number of fused-ring (bicyclic) bond motifs is 9. The number of hydrogen-bond donors (Lipinski definition) is 5. The molecule has 3 heterocycles. The third-order valence-corrected chi connectivity index (χ3v) is 16.5. The molecule has 6 aliphatic rings. The normalized spacial score (nSPS) is 24.6. The van der Waals surface area contributed by atoms with Crippen LogP contribution in [-0.4, -0.2) is 54.3 Å². The molecule has 0 saturated carbocycles. The molecule has 10 nitrogen and oxygen atoms in total. The molecule has 5 N–H and O–H groups in total. The molecule has 3 aromatic rings. The van der Waals surface area contributed by atoms with Gasteiger partial charge in [-0.25, -0.2) is 9.59 Å². The van der Waals surface area contributed by atoms with E-state index in [1.807, 2.05) is 25.1 Å². The summed E-state index contributed by atoms with van der Waals surface area (Å²) in [6.45, 7) is 25.4. The Kier molecular flexibility index (Phi) is 15.8. The van der Waals surface area contributed by atoms with Crippen molar-refractivity contribution in [3.8, 4) is 34.5 Å². The van der Waals surface area contributed by atoms with Gasteiger partial charge in [0.1, 0.15) is 62.4 Å². The lowest BCUT2D eigenvalue weighted by Crippen LogP contribution is -2.45. The predicted octanol–water partition coefficient (Wildman–Crippen LogP) is 15.0. The van der Waals surface area contributed by atoms with E-state index < -0.39 is 11.9 Å². The lowest BCUT2D eigenvalue weighted by atomic mass is 9.67. The number of hydrogen-bond acceptors (Lipinski definition) is 8. The summed E-state index contributed by atoms with van der Waals surface area (Å²) in [4.78, 5) is 23.6. The molecule has 0 aromatic heterocycles. The van der Waals surface area contributed by atoms with Crippen LogP contribution < -0.4 is 14.2 Å². The van der Waals surface area contributed by atoms with E-state index >= 15 is 0 Å². The maximum atomic E-state index is 11.9. The first-order chi connectivity index (χ1) is 33.4. The molecule has 0 fully saturated rings. The fourth-order valence-electron chi connectivity index (χ4n) is 12.9. The van der Waals surface area contributed by atoms with Crippen LogP contribution in [0.3, 0.4) is 0 Å². The van der Waals surface area contributed by atoms with Crippen LogP contribution in [0.5, 0.6) is 34.5 Å². The van der Waals surface area contributed by atoms with Crippen LogP contribution in [0.2, 0.25) is 0 Å². The molecule has 3 aromatic carbocycles. The van der Waals surface area contributed by atoms with E-state index in [0.717, 1.165) is 88.4 Å². The average Bonchev–Trinajstić information content (AvgIpc) is 3.25. The van der Waals surface area contributed by atoms with Gasteiger partial charge in [0.25, 0.3) is 0 Å². The molecule has 0 unspecified atom stereocenters. The number of ether oxygens (including phenoxy) is 3. The Hall–Kier alpha value is -5.38. The zero-order valence-electron chi connectivity index (χ0n) is 44.7. The molecule has 6 atom stereocenters. The molecular weight excluding hydrogens is 893 g/mol. The second kappa shape index (κ2) is 21.0. The molecule has 386 valence electrons. The number of unbranched alkanes of at least 4 members (excludes halogenated alkanes) is 2. The first kappa shape index (κ1) is 53.4. The number of phenols is 3. The van der Waals surface area contributed by atoms with Crippen LogP contribution in [0.4, 0.5) is 0 Å². The standard InChI is InChI=1S/C22H30O4.C20H26O4.C19H26O2/c1-5-6-7-8-14-12-17-19(20(23)18(14)21(24)25)15-11-13(2)9-10-16(15)22(3,4)26-17;1-5-6-12-10-15-17(18(21)16(12)19(22)23)13-9-11(2)7-8-14(13)20(3,4)24-15;1-5-6-13-10-16(20)18-14-9-12(2)7-8-15(14)19(3,4)21-17(18)11-13/h11-12,15-16,23H,5-10H2,1-4H3,(H,24,25);9-10,13-14,21H,5-8H2,1-4H3,(H,22,23);9-11,14-15,20H,5-8H2,1-4H3/t15-,16-;13-,14-;14-,15-/m111/s1. The highest BCUT2D eigenvalue weighted by atomic mass is 16.5. The monoisotopic (exact) mass is 975 g/mol. The lowest BCUT2D eigenvalue weighted by Gasteiger charge is -2.46. The number of aromatic hydroxyl groups is 3. The Labute approximate surface area is 423 Å². The summed E-state index contributed by atoms with van der Waals surface area (Å²) in [7, 11) is 0. The van der Waals surface area contributed by atoms with Crippen LogP contribution in [0.1, 0.15) is 226 Å². The fraction of sp³-hybridized carbons (Fsp3) is 0.574. The summed E-state index contributed by atoms with van der Waals surface area (Å²) < 4.78 is 18.9. The molecule has 0 saturated heterocycles. The van der Waals surface area contributed by atoms with Gasteiger partial charge in [-0.05, 0) is 167 Å². The van der Waals surface area contributed by atoms with Gasteiger partial charge in [-0.1, -0.05) is 81.4 Å². The van der Waals surface area contributed by atoms with E-state index in [4.69, 9.17) is 14.2 Å². The summed E-state index contributed by atoms with van der Waals surface area (Å²) in [5.74, 6) is 1.44. The molecule has 3 aliphatic carbocycles. The third-order valence-electron chi connectivity index (χ3n) is 16.5. The molecule has 9 rings (SSSR count). The Balaban J connectivity index is 0.000000157. The quantitative estimate of drug-likeness (QED) is 0.0976. The molecule has 0 spiro atoms. The second-order valence-corrected chi connectivity index (χ2v) is 23.1. The first-order valence-electron chi connectivity index (χ1n) is 26.6. The molecule has 71 heavy (non-hydrogen) atoms. The molecule has 10 heteroatoms. The maximum absolute atomic E-state index is 11.9. The predicted molar refractivity (Wildman–Crippen MR) is 281 cm³/mol. The van der Waals surface area contributed by atoms with Crippen molar-refractivity contribution in [2.45, 2.75) is 208 Å². The summed E-state index contributed by atoms with van der Waals surface area (Å²) in [6.07, 6.45) is 20.1. The highest BCUT2D eigenvalue weighted by molar-refractivity contribution is 5.95. The zero-order valence-corrected chi connectivity index (χ0v) is 44.7. The number of rotatable bonds is 10. The maximum Gasteiger partial charge on any atom is 0.339 e. The number of carboxylic acids is 2. The minimum Gasteiger partial charge on any atom is -0.507 e. The third kappa shape index (κ3) is 10.7. The van der Waals surface area contributed by atoms with Crippen molar-refractivity contribution in [2.24, 2.45) is 17.8 Å². The number of phenolic OH excluding ortho intramolecular Hbond substituents is 1. The van der Waals surface area contributed by atoms with Crippen LogP contribution in [-0.2, 0) is 19.3 Å². The Morgan fingerprint density at radius 3 is 1.28 bits per heavy atom. The van der Waals surface area contributed by atoms with Crippen molar-refractivity contribution in [1.29, 1.82) is 0 Å². The Morgan fingerprint density at radius 2 is 0.901 bits per heavy atom. The van der Waals surface area contributed by atoms with E-state index in [1.54, 1.807) is 0 Å². The summed E-state index contributed by atoms with van der Waals surface area (Å²) >= 11 is 0. The van der Waals surface area contributed by atoms with Gasteiger partial charge in [-0.3, -0.25) is 0 Å². The van der Waals surface area contributed by atoms with Crippen LogP contribution in [0, 0.1) is 17.8 Å². The van der Waals surface area contributed by atoms with Gasteiger partial charge in [0, 0.05) is 52.2 Å². The van der Waals surface area contributed by atoms with Crippen molar-refractivity contribution in [1.82, 2.24) is 0 Å². The second-order valence-electron chi connectivity index (χ2n) is 23.1. The molecule has 0 amide bonds. The Morgan fingerprint density at radius 1 is 0.521 bits per heavy atom. The van der Waals surface area contributed by atoms with E-state index in [0.29, 0.717) is 58.3 Å². The smallest absolute Gasteiger partial charge is 0.339 e. The minimum atomic E-state index is -1.07. The summed E-state index contributed by atoms with van der Waals surface area (Å²) in [5.41, 5.74) is 8.03. The first-order valence-corrected chi connectivity index (χ1v) is 26.6. The van der Waals surface area contributed by atoms with Gasteiger partial charge in [0.15, 0.2) is 0 Å². The minimum absolute atomic E-state index is 0.00490. The fourth-order valence-corrected chi connectivity index (χ4v) is 12.9. The number of carboxylic acid groups (broad SMARTS) is 2. The van der Waals surface area contributed by atoms with Gasteiger partial charge < -0.3 is 39.7 Å². The molecular formula is C61H82O10. The summed E-state index contributed by atoms with van der Waals surface area (Å²) in [5, 5.41) is 51.7. The van der Waals surface area contributed by atoms with E-state index in [1.165, 1.54) is 22.3 Å². The van der Waals surface area contributed by atoms with Crippen molar-refractivity contribution in [2.75, 3.05) is 0 Å². The highest BCUT2D eigenvalue weighted by Gasteiger charge is 2.49. The summed E-state index contributed by atoms with van der Waals surface area (Å²) in [6, 6.07) is 7.76. The average molecular weight is 975 g/mol. The molecule has 3 aliphatic heterocycles. The van der Waals surface area contributed by atoms with E-state index in [2.05, 4.69) is 100 Å². The van der Waals surface area contributed by atoms with E-state index in [-0.39, 0.29) is 69.0 Å². The van der Waals surface area contributed by atoms with Crippen LogP contribution in [0.25, 0.3) is 0 Å². The number of aromatic carboxylic acids is 2. The van der Waals surface area contributed by atoms with Crippen LogP contribution >= 0.6 is 0 Å². The van der Waals surface area contributed by atoms with Gasteiger partial charge in [-0.2, -0.15) is 0 Å². The van der Waals surface area contributed by atoms with Crippen molar-refractivity contribution in [3.63, 3.8) is 0 Å². The highest BCUT2D eigenvalue weighted by Crippen LogP contribution is 2.57. The van der Waals surface area contributed by atoms with Crippen molar-refractivity contribution >= 4 is 11.9 Å². The lowest BCUT2D eigenvalue weighted by molar-refractivity contribution is 0.0102. The number of carbonyl (C=O) groups is 2. The number of aryl methyl sites for hydroxylation is 3. The van der Waals surface area contributed by atoms with Gasteiger partial charge in [0.05, 0.1) is 0 Å². The number of benzene rings is 3. The Bertz CT molecular complexity index is 2610. The van der Waals surface area contributed by atoms with Crippen molar-refractivity contribution < 1.29 is 49.3 Å². The topological polar surface area (TPSA) is 163 Å². The number of allylic oxidation sites excluding steroid dienone is 6. The van der Waals surface area contributed by atoms with Gasteiger partial charge in [-0.15, -0.1) is 0 Å². The van der Waals surface area contributed by atoms with Crippen LogP contribution in [0.15, 0.2) is 59.2 Å². The molecule has 0 radical (unpaired) electrons.